The number of pyridine rings is 1. The van der Waals surface area contributed by atoms with Crippen molar-refractivity contribution >= 4 is 21.9 Å². The molecule has 0 atom stereocenters. The summed E-state index contributed by atoms with van der Waals surface area (Å²) in [6, 6.07) is 40.4. The summed E-state index contributed by atoms with van der Waals surface area (Å²) in [5, 5.41) is 12.2. The summed E-state index contributed by atoms with van der Waals surface area (Å²) in [6.45, 7) is 6.41. The fraction of sp³-hybridized carbons (Fsp3) is 0.100. The van der Waals surface area contributed by atoms with E-state index in [1.165, 1.54) is 22.3 Å². The van der Waals surface area contributed by atoms with Crippen LogP contribution in [0.4, 0.5) is 0 Å². The molecule has 2 aromatic heterocycles. The zero-order chi connectivity index (χ0) is 29.7. The van der Waals surface area contributed by atoms with Gasteiger partial charge in [-0.15, -0.1) is 0 Å². The van der Waals surface area contributed by atoms with Gasteiger partial charge in [0.2, 0.25) is 5.69 Å². The molecular weight excluding hydrogens is 524 g/mol. The summed E-state index contributed by atoms with van der Waals surface area (Å²) >= 11 is 0. The summed E-state index contributed by atoms with van der Waals surface area (Å²) in [5.41, 5.74) is 14.4. The van der Waals surface area contributed by atoms with Gasteiger partial charge in [0.05, 0.1) is 17.2 Å². The molecule has 0 aliphatic carbocycles. The molecule has 3 nitrogen and oxygen atoms in total. The zero-order valence-electron chi connectivity index (χ0n) is 24.8. The second kappa shape index (κ2) is 10.4. The van der Waals surface area contributed by atoms with Crippen molar-refractivity contribution in [3.05, 3.63) is 138 Å². The van der Waals surface area contributed by atoms with Crippen LogP contribution in [0, 0.1) is 32.1 Å². The Bertz CT molecular complexity index is 2220. The number of furan rings is 1. The number of aromatic nitrogens is 1. The highest BCUT2D eigenvalue weighted by molar-refractivity contribution is 6.14. The molecule has 0 aliphatic rings. The molecule has 7 aromatic rings. The number of fused-ring (bicyclic) bond motifs is 3. The number of hydrogen-bond donors (Lipinski definition) is 0. The maximum absolute atomic E-state index is 10.2. The molecule has 206 valence electrons. The van der Waals surface area contributed by atoms with E-state index in [1.54, 1.807) is 0 Å². The van der Waals surface area contributed by atoms with Crippen LogP contribution in [-0.4, -0.2) is 0 Å². The lowest BCUT2D eigenvalue weighted by Crippen LogP contribution is -2.31. The van der Waals surface area contributed by atoms with Crippen LogP contribution in [0.1, 0.15) is 22.3 Å². The number of nitriles is 1. The Morgan fingerprint density at radius 3 is 1.86 bits per heavy atom. The normalized spacial score (nSPS) is 11.2. The van der Waals surface area contributed by atoms with E-state index in [2.05, 4.69) is 136 Å². The Hall–Kier alpha value is -5.46. The van der Waals surface area contributed by atoms with Gasteiger partial charge in [0.25, 0.3) is 0 Å². The lowest BCUT2D eigenvalue weighted by atomic mass is 9.94. The van der Waals surface area contributed by atoms with E-state index in [0.29, 0.717) is 5.56 Å². The molecule has 0 bridgehead atoms. The molecular formula is C40H31N2O+. The van der Waals surface area contributed by atoms with Crippen molar-refractivity contribution in [3.8, 4) is 50.7 Å². The van der Waals surface area contributed by atoms with Crippen LogP contribution < -0.4 is 4.57 Å². The molecule has 0 spiro atoms. The van der Waals surface area contributed by atoms with Crippen LogP contribution in [0.15, 0.2) is 120 Å². The highest BCUT2D eigenvalue weighted by Gasteiger charge is 2.23. The van der Waals surface area contributed by atoms with Crippen molar-refractivity contribution in [2.24, 2.45) is 7.05 Å². The first-order valence-electron chi connectivity index (χ1n) is 14.6. The number of rotatable bonds is 4. The van der Waals surface area contributed by atoms with Gasteiger partial charge in [-0.25, -0.2) is 4.57 Å². The average molecular weight is 556 g/mol. The van der Waals surface area contributed by atoms with Crippen LogP contribution in [0.3, 0.4) is 0 Å². The molecule has 3 heteroatoms. The van der Waals surface area contributed by atoms with Crippen LogP contribution in [0.25, 0.3) is 66.6 Å². The van der Waals surface area contributed by atoms with Gasteiger partial charge in [-0.05, 0) is 77.9 Å². The van der Waals surface area contributed by atoms with Gasteiger partial charge in [0.15, 0.2) is 6.20 Å². The number of nitrogens with zero attached hydrogens (tertiary/aromatic N) is 2. The van der Waals surface area contributed by atoms with Gasteiger partial charge in [0.1, 0.15) is 18.2 Å². The van der Waals surface area contributed by atoms with E-state index in [0.717, 1.165) is 61.0 Å². The predicted octanol–water partition coefficient (Wildman–Crippen LogP) is 9.88. The molecule has 0 saturated carbocycles. The molecule has 0 fully saturated rings. The first-order valence-corrected chi connectivity index (χ1v) is 14.6. The molecule has 0 amide bonds. The van der Waals surface area contributed by atoms with E-state index >= 15 is 0 Å². The topological polar surface area (TPSA) is 40.8 Å². The van der Waals surface area contributed by atoms with Crippen LogP contribution in [-0.2, 0) is 7.05 Å². The number of hydrogen-bond acceptors (Lipinski definition) is 2. The summed E-state index contributed by atoms with van der Waals surface area (Å²) in [5.74, 6) is 0. The van der Waals surface area contributed by atoms with Crippen molar-refractivity contribution < 1.29 is 8.98 Å². The average Bonchev–Trinajstić information content (AvgIpc) is 3.41. The summed E-state index contributed by atoms with van der Waals surface area (Å²) < 4.78 is 8.96. The minimum Gasteiger partial charge on any atom is -0.454 e. The van der Waals surface area contributed by atoms with E-state index in [-0.39, 0.29) is 0 Å². The van der Waals surface area contributed by atoms with E-state index in [9.17, 15) is 5.26 Å². The lowest BCUT2D eigenvalue weighted by Gasteiger charge is -2.09. The Labute approximate surface area is 251 Å². The third-order valence-corrected chi connectivity index (χ3v) is 8.61. The predicted molar refractivity (Wildman–Crippen MR) is 176 cm³/mol. The fourth-order valence-electron chi connectivity index (χ4n) is 6.17. The van der Waals surface area contributed by atoms with Crippen molar-refractivity contribution in [2.45, 2.75) is 20.8 Å². The summed E-state index contributed by atoms with van der Waals surface area (Å²) in [7, 11) is 2.08. The molecule has 0 aliphatic heterocycles. The van der Waals surface area contributed by atoms with Crippen LogP contribution in [0.2, 0.25) is 0 Å². The van der Waals surface area contributed by atoms with Gasteiger partial charge < -0.3 is 4.42 Å². The van der Waals surface area contributed by atoms with E-state index in [1.807, 2.05) is 18.2 Å². The van der Waals surface area contributed by atoms with Crippen molar-refractivity contribution in [2.75, 3.05) is 0 Å². The molecule has 43 heavy (non-hydrogen) atoms. The standard InChI is InChI=1S/C40H31N2O/c1-25-13-19-34-35-20-18-33(23-41)38(40(35)43-39(34)37(25)36-21-26(2)27(3)24-42(36)4)30-16-14-29(15-17-30)32-12-8-11-31(22-32)28-9-6-5-7-10-28/h5-22,24H,1-4H3/q+1. The minimum atomic E-state index is 0.598. The largest absolute Gasteiger partial charge is 0.454 e. The van der Waals surface area contributed by atoms with Gasteiger partial charge in [-0.1, -0.05) is 84.9 Å². The smallest absolute Gasteiger partial charge is 0.216 e. The van der Waals surface area contributed by atoms with Gasteiger partial charge in [-0.2, -0.15) is 5.26 Å². The molecule has 0 radical (unpaired) electrons. The molecule has 0 N–H and O–H groups in total. The Morgan fingerprint density at radius 2 is 1.16 bits per heavy atom. The first-order chi connectivity index (χ1) is 20.9. The Balaban J connectivity index is 1.38. The summed E-state index contributed by atoms with van der Waals surface area (Å²) in [6.07, 6.45) is 2.17. The van der Waals surface area contributed by atoms with Crippen LogP contribution >= 0.6 is 0 Å². The fourth-order valence-corrected chi connectivity index (χ4v) is 6.17. The molecule has 0 unspecified atom stereocenters. The van der Waals surface area contributed by atoms with Gasteiger partial charge in [0, 0.05) is 28.0 Å². The SMILES string of the molecule is Cc1cc(-c2c(C)ccc3c2oc2c(-c4ccc(-c5cccc(-c6ccccc6)c5)cc4)c(C#N)ccc23)[n+](C)cc1C. The highest BCUT2D eigenvalue weighted by atomic mass is 16.3. The monoisotopic (exact) mass is 555 g/mol. The van der Waals surface area contributed by atoms with Crippen molar-refractivity contribution in [1.82, 2.24) is 0 Å². The van der Waals surface area contributed by atoms with E-state index < -0.39 is 0 Å². The second-order valence-corrected chi connectivity index (χ2v) is 11.4. The minimum absolute atomic E-state index is 0.598. The maximum atomic E-state index is 10.2. The van der Waals surface area contributed by atoms with Gasteiger partial charge >= 0.3 is 0 Å². The third kappa shape index (κ3) is 4.49. The van der Waals surface area contributed by atoms with Crippen molar-refractivity contribution in [1.29, 1.82) is 5.26 Å². The first kappa shape index (κ1) is 26.4. The van der Waals surface area contributed by atoms with Gasteiger partial charge in [-0.3, -0.25) is 0 Å². The maximum Gasteiger partial charge on any atom is 0.216 e. The number of benzene rings is 5. The third-order valence-electron chi connectivity index (χ3n) is 8.61. The lowest BCUT2D eigenvalue weighted by molar-refractivity contribution is -0.660. The number of aryl methyl sites for hydroxylation is 4. The molecule has 7 rings (SSSR count). The Morgan fingerprint density at radius 1 is 0.558 bits per heavy atom. The molecule has 2 heterocycles. The highest BCUT2D eigenvalue weighted by Crippen LogP contribution is 2.42. The molecule has 0 saturated heterocycles. The van der Waals surface area contributed by atoms with Crippen LogP contribution in [0.5, 0.6) is 0 Å². The second-order valence-electron chi connectivity index (χ2n) is 11.4. The summed E-state index contributed by atoms with van der Waals surface area (Å²) in [4.78, 5) is 0. The quantitative estimate of drug-likeness (QED) is 0.203. The Kier molecular flexibility index (Phi) is 6.41. The van der Waals surface area contributed by atoms with E-state index in [4.69, 9.17) is 4.42 Å². The molecule has 5 aromatic carbocycles. The zero-order valence-corrected chi connectivity index (χ0v) is 24.8. The van der Waals surface area contributed by atoms with Crippen molar-refractivity contribution in [3.63, 3.8) is 0 Å².